The molecule has 1 saturated heterocycles. The highest BCUT2D eigenvalue weighted by Crippen LogP contribution is 2.25. The Hall–Kier alpha value is -2.99. The van der Waals surface area contributed by atoms with Gasteiger partial charge in [-0.05, 0) is 48.6 Å². The zero-order valence-corrected chi connectivity index (χ0v) is 18.4. The van der Waals surface area contributed by atoms with Gasteiger partial charge in [0.2, 0.25) is 5.91 Å². The molecule has 162 valence electrons. The minimum atomic E-state index is 0.0710. The van der Waals surface area contributed by atoms with Crippen LogP contribution in [0.5, 0.6) is 5.75 Å². The number of benzene rings is 2. The summed E-state index contributed by atoms with van der Waals surface area (Å²) in [4.78, 5) is 14.8. The number of aryl methyl sites for hydroxylation is 1. The monoisotopic (exact) mass is 438 g/mol. The number of aromatic amines is 1. The molecule has 6 nitrogen and oxygen atoms in total. The molecule has 2 N–H and O–H groups in total. The zero-order chi connectivity index (χ0) is 21.6. The van der Waals surface area contributed by atoms with Crippen molar-refractivity contribution < 1.29 is 9.53 Å². The van der Waals surface area contributed by atoms with Gasteiger partial charge in [0, 0.05) is 36.6 Å². The van der Waals surface area contributed by atoms with Crippen LogP contribution in [-0.2, 0) is 11.2 Å². The molecule has 1 aliphatic rings. The molecule has 31 heavy (non-hydrogen) atoms. The number of rotatable bonds is 7. The van der Waals surface area contributed by atoms with E-state index in [1.807, 2.05) is 48.5 Å². The number of halogens is 1. The summed E-state index contributed by atoms with van der Waals surface area (Å²) in [6, 6.07) is 17.7. The van der Waals surface area contributed by atoms with Gasteiger partial charge >= 0.3 is 0 Å². The molecular formula is C24H27ClN4O2. The summed E-state index contributed by atoms with van der Waals surface area (Å²) in [6.45, 7) is 1.68. The molecular weight excluding hydrogens is 412 g/mol. The molecule has 3 aromatic rings. The van der Waals surface area contributed by atoms with Crippen LogP contribution < -0.4 is 15.0 Å². The number of nitrogens with zero attached hydrogens (tertiary/aromatic N) is 2. The van der Waals surface area contributed by atoms with E-state index in [-0.39, 0.29) is 11.9 Å². The summed E-state index contributed by atoms with van der Waals surface area (Å²) < 4.78 is 5.38. The van der Waals surface area contributed by atoms with Gasteiger partial charge < -0.3 is 15.0 Å². The van der Waals surface area contributed by atoms with Crippen molar-refractivity contribution in [3.05, 3.63) is 65.2 Å². The number of amides is 1. The third-order valence-electron chi connectivity index (χ3n) is 5.64. The van der Waals surface area contributed by atoms with E-state index < -0.39 is 0 Å². The average molecular weight is 439 g/mol. The third-order valence-corrected chi connectivity index (χ3v) is 5.90. The third kappa shape index (κ3) is 5.39. The lowest BCUT2D eigenvalue weighted by Gasteiger charge is -2.33. The maximum atomic E-state index is 12.5. The van der Waals surface area contributed by atoms with E-state index in [0.29, 0.717) is 17.9 Å². The number of ether oxygens (including phenoxy) is 1. The van der Waals surface area contributed by atoms with E-state index in [1.54, 1.807) is 7.11 Å². The van der Waals surface area contributed by atoms with Crippen LogP contribution in [0.1, 0.15) is 24.8 Å². The molecule has 4 rings (SSSR count). The van der Waals surface area contributed by atoms with Gasteiger partial charge in [0.05, 0.1) is 12.8 Å². The van der Waals surface area contributed by atoms with Crippen LogP contribution in [0.2, 0.25) is 5.02 Å². The number of nitrogens with one attached hydrogen (secondary N) is 2. The molecule has 1 aromatic heterocycles. The standard InChI is InChI=1S/C24H27ClN4O2/c1-31-22-7-3-2-5-18(22)10-13-24(30)26-20-6-4-14-29(16-20)23-15-21(27-28-23)17-8-11-19(25)12-9-17/h2-3,5,7-9,11-12,15,20H,4,6,10,13-14,16H2,1H3,(H,26,30)(H,27,28)/t20-/m1/s1. The van der Waals surface area contributed by atoms with E-state index in [0.717, 1.165) is 54.3 Å². The molecule has 7 heteroatoms. The molecule has 2 heterocycles. The molecule has 1 fully saturated rings. The van der Waals surface area contributed by atoms with Gasteiger partial charge in [-0.1, -0.05) is 41.9 Å². The Morgan fingerprint density at radius 1 is 1.26 bits per heavy atom. The minimum Gasteiger partial charge on any atom is -0.496 e. The maximum Gasteiger partial charge on any atom is 0.220 e. The van der Waals surface area contributed by atoms with Crippen LogP contribution >= 0.6 is 11.6 Å². The molecule has 0 aliphatic carbocycles. The van der Waals surface area contributed by atoms with Gasteiger partial charge in [-0.3, -0.25) is 9.89 Å². The van der Waals surface area contributed by atoms with Crippen molar-refractivity contribution in [2.45, 2.75) is 31.7 Å². The summed E-state index contributed by atoms with van der Waals surface area (Å²) in [6.07, 6.45) is 3.10. The highest BCUT2D eigenvalue weighted by Gasteiger charge is 2.23. The number of piperidine rings is 1. The summed E-state index contributed by atoms with van der Waals surface area (Å²) in [5.74, 6) is 1.80. The lowest BCUT2D eigenvalue weighted by atomic mass is 10.0. The summed E-state index contributed by atoms with van der Waals surface area (Å²) in [7, 11) is 1.66. The predicted octanol–water partition coefficient (Wildman–Crippen LogP) is 4.46. The molecule has 1 atom stereocenters. The maximum absolute atomic E-state index is 12.5. The fourth-order valence-electron chi connectivity index (χ4n) is 4.01. The SMILES string of the molecule is COc1ccccc1CCC(=O)N[C@@H]1CCCN(c2cc(-c3ccc(Cl)cc3)[nH]n2)C1. The quantitative estimate of drug-likeness (QED) is 0.571. The number of H-pyrrole nitrogens is 1. The molecule has 0 bridgehead atoms. The number of aromatic nitrogens is 2. The second-order valence-electron chi connectivity index (χ2n) is 7.81. The lowest BCUT2D eigenvalue weighted by Crippen LogP contribution is -2.48. The van der Waals surface area contributed by atoms with E-state index in [2.05, 4.69) is 26.5 Å². The Kier molecular flexibility index (Phi) is 6.77. The number of anilines is 1. The number of para-hydroxylation sites is 1. The van der Waals surface area contributed by atoms with Crippen LogP contribution in [0.15, 0.2) is 54.6 Å². The van der Waals surface area contributed by atoms with Crippen molar-refractivity contribution >= 4 is 23.3 Å². The van der Waals surface area contributed by atoms with Gasteiger partial charge in [-0.2, -0.15) is 5.10 Å². The van der Waals surface area contributed by atoms with E-state index in [9.17, 15) is 4.79 Å². The number of hydrogen-bond donors (Lipinski definition) is 2. The van der Waals surface area contributed by atoms with Crippen molar-refractivity contribution in [2.75, 3.05) is 25.1 Å². The molecule has 0 saturated carbocycles. The van der Waals surface area contributed by atoms with Gasteiger partial charge in [-0.25, -0.2) is 0 Å². The minimum absolute atomic E-state index is 0.0710. The number of hydrogen-bond acceptors (Lipinski definition) is 4. The number of methoxy groups -OCH3 is 1. The summed E-state index contributed by atoms with van der Waals surface area (Å²) in [5, 5.41) is 11.5. The molecule has 1 amide bonds. The predicted molar refractivity (Wildman–Crippen MR) is 124 cm³/mol. The van der Waals surface area contributed by atoms with Crippen LogP contribution in [0.25, 0.3) is 11.3 Å². The second kappa shape index (κ2) is 9.88. The van der Waals surface area contributed by atoms with Crippen molar-refractivity contribution in [1.29, 1.82) is 0 Å². The van der Waals surface area contributed by atoms with Crippen molar-refractivity contribution in [3.63, 3.8) is 0 Å². The smallest absolute Gasteiger partial charge is 0.220 e. The Morgan fingerprint density at radius 2 is 2.06 bits per heavy atom. The Labute approximate surface area is 187 Å². The fourth-order valence-corrected chi connectivity index (χ4v) is 4.14. The first-order valence-electron chi connectivity index (χ1n) is 10.6. The first-order chi connectivity index (χ1) is 15.1. The average Bonchev–Trinajstić information content (AvgIpc) is 3.29. The molecule has 1 aliphatic heterocycles. The topological polar surface area (TPSA) is 70.2 Å². The second-order valence-corrected chi connectivity index (χ2v) is 8.25. The number of carbonyl (C=O) groups is 1. The van der Waals surface area contributed by atoms with Gasteiger partial charge in [0.25, 0.3) is 0 Å². The van der Waals surface area contributed by atoms with Crippen LogP contribution in [-0.4, -0.2) is 42.3 Å². The highest BCUT2D eigenvalue weighted by molar-refractivity contribution is 6.30. The molecule has 0 unspecified atom stereocenters. The zero-order valence-electron chi connectivity index (χ0n) is 17.6. The van der Waals surface area contributed by atoms with Crippen LogP contribution in [0.3, 0.4) is 0 Å². The first kappa shape index (κ1) is 21.2. The van der Waals surface area contributed by atoms with Crippen molar-refractivity contribution in [1.82, 2.24) is 15.5 Å². The van der Waals surface area contributed by atoms with Crippen molar-refractivity contribution in [3.8, 4) is 17.0 Å². The Bertz CT molecular complexity index is 1020. The van der Waals surface area contributed by atoms with E-state index >= 15 is 0 Å². The summed E-state index contributed by atoms with van der Waals surface area (Å²) >= 11 is 5.98. The van der Waals surface area contributed by atoms with Crippen LogP contribution in [0, 0.1) is 0 Å². The number of carbonyl (C=O) groups excluding carboxylic acids is 1. The highest BCUT2D eigenvalue weighted by atomic mass is 35.5. The van der Waals surface area contributed by atoms with Gasteiger partial charge in [0.15, 0.2) is 5.82 Å². The van der Waals surface area contributed by atoms with Crippen molar-refractivity contribution in [2.24, 2.45) is 0 Å². The van der Waals surface area contributed by atoms with Gasteiger partial charge in [-0.15, -0.1) is 0 Å². The molecule has 2 aromatic carbocycles. The van der Waals surface area contributed by atoms with Crippen LogP contribution in [0.4, 0.5) is 5.82 Å². The summed E-state index contributed by atoms with van der Waals surface area (Å²) in [5.41, 5.74) is 3.05. The van der Waals surface area contributed by atoms with Gasteiger partial charge in [0.1, 0.15) is 5.75 Å². The first-order valence-corrected chi connectivity index (χ1v) is 11.0. The largest absolute Gasteiger partial charge is 0.496 e. The Morgan fingerprint density at radius 3 is 2.87 bits per heavy atom. The van der Waals surface area contributed by atoms with E-state index in [1.165, 1.54) is 0 Å². The Balaban J connectivity index is 1.32. The normalized spacial score (nSPS) is 16.2. The fraction of sp³-hybridized carbons (Fsp3) is 0.333. The molecule has 0 spiro atoms. The van der Waals surface area contributed by atoms with E-state index in [4.69, 9.17) is 16.3 Å². The molecule has 0 radical (unpaired) electrons. The lowest BCUT2D eigenvalue weighted by molar-refractivity contribution is -0.121.